The molecule has 19 heavy (non-hydrogen) atoms. The monoisotopic (exact) mass is 258 g/mol. The van der Waals surface area contributed by atoms with Gasteiger partial charge < -0.3 is 15.5 Å². The highest BCUT2D eigenvalue weighted by Crippen LogP contribution is 2.21. The van der Waals surface area contributed by atoms with E-state index in [9.17, 15) is 0 Å². The zero-order valence-electron chi connectivity index (χ0n) is 11.1. The smallest absolute Gasteiger partial charge is 0.141 e. The lowest BCUT2D eigenvalue weighted by Gasteiger charge is -2.11. The van der Waals surface area contributed by atoms with Crippen LogP contribution in [0.15, 0.2) is 42.6 Å². The molecule has 0 saturated heterocycles. The first-order valence-corrected chi connectivity index (χ1v) is 6.14. The molecular formula is C14H18N4O. The summed E-state index contributed by atoms with van der Waals surface area (Å²) in [4.78, 5) is 4.05. The van der Waals surface area contributed by atoms with Gasteiger partial charge in [0, 0.05) is 23.6 Å². The lowest BCUT2D eigenvalue weighted by atomic mass is 10.3. The molecule has 4 N–H and O–H groups in total. The predicted molar refractivity (Wildman–Crippen MR) is 77.5 cm³/mol. The fourth-order valence-electron chi connectivity index (χ4n) is 1.64. The highest BCUT2D eigenvalue weighted by molar-refractivity contribution is 5.62. The predicted octanol–water partition coefficient (Wildman–Crippen LogP) is 2.90. The Morgan fingerprint density at radius 2 is 1.84 bits per heavy atom. The van der Waals surface area contributed by atoms with Gasteiger partial charge in [0.15, 0.2) is 0 Å². The largest absolute Gasteiger partial charge is 0.491 e. The molecule has 0 aliphatic heterocycles. The van der Waals surface area contributed by atoms with Crippen LogP contribution in [-0.4, -0.2) is 11.1 Å². The van der Waals surface area contributed by atoms with Crippen LogP contribution in [0.1, 0.15) is 13.8 Å². The summed E-state index contributed by atoms with van der Waals surface area (Å²) in [5.41, 5.74) is 4.41. The first-order valence-electron chi connectivity index (χ1n) is 6.14. The average Bonchev–Trinajstić information content (AvgIpc) is 2.41. The van der Waals surface area contributed by atoms with Crippen molar-refractivity contribution in [2.75, 3.05) is 10.7 Å². The molecule has 100 valence electrons. The molecule has 0 spiro atoms. The van der Waals surface area contributed by atoms with E-state index in [1.165, 1.54) is 0 Å². The van der Waals surface area contributed by atoms with Crippen molar-refractivity contribution in [3.63, 3.8) is 0 Å². The summed E-state index contributed by atoms with van der Waals surface area (Å²) in [5.74, 6) is 6.80. The lowest BCUT2D eigenvalue weighted by Crippen LogP contribution is -2.08. The molecular weight excluding hydrogens is 240 g/mol. The van der Waals surface area contributed by atoms with E-state index in [-0.39, 0.29) is 6.10 Å². The van der Waals surface area contributed by atoms with Gasteiger partial charge in [-0.25, -0.2) is 10.8 Å². The number of hydrogen-bond acceptors (Lipinski definition) is 5. The number of anilines is 3. The maximum Gasteiger partial charge on any atom is 0.141 e. The van der Waals surface area contributed by atoms with Crippen molar-refractivity contribution in [3.05, 3.63) is 42.6 Å². The van der Waals surface area contributed by atoms with E-state index in [1.54, 1.807) is 6.20 Å². The number of nitrogens with one attached hydrogen (secondary N) is 2. The van der Waals surface area contributed by atoms with Crippen LogP contribution >= 0.6 is 0 Å². The van der Waals surface area contributed by atoms with Crippen LogP contribution in [0.5, 0.6) is 5.75 Å². The van der Waals surface area contributed by atoms with Gasteiger partial charge in [0.1, 0.15) is 11.6 Å². The van der Waals surface area contributed by atoms with Crippen molar-refractivity contribution in [1.29, 1.82) is 0 Å². The molecule has 0 radical (unpaired) electrons. The number of nitrogens with zero attached hydrogens (tertiary/aromatic N) is 1. The van der Waals surface area contributed by atoms with Crippen LogP contribution in [0.4, 0.5) is 17.2 Å². The van der Waals surface area contributed by atoms with Crippen molar-refractivity contribution < 1.29 is 4.74 Å². The Balaban J connectivity index is 2.06. The SMILES string of the molecule is CC(C)Oc1ccc(Nc2ccnc(NN)c2)cc1. The van der Waals surface area contributed by atoms with E-state index < -0.39 is 0 Å². The first kappa shape index (κ1) is 13.2. The van der Waals surface area contributed by atoms with Crippen molar-refractivity contribution in [2.24, 2.45) is 5.84 Å². The van der Waals surface area contributed by atoms with Crippen molar-refractivity contribution in [1.82, 2.24) is 4.98 Å². The summed E-state index contributed by atoms with van der Waals surface area (Å²) in [6.07, 6.45) is 1.87. The Labute approximate surface area is 112 Å². The minimum Gasteiger partial charge on any atom is -0.491 e. The Kier molecular flexibility index (Phi) is 4.20. The molecule has 0 aliphatic carbocycles. The summed E-state index contributed by atoms with van der Waals surface area (Å²) in [6.45, 7) is 4.01. The molecule has 0 bridgehead atoms. The Bertz CT molecular complexity index is 525. The lowest BCUT2D eigenvalue weighted by molar-refractivity contribution is 0.242. The normalized spacial score (nSPS) is 10.3. The minimum absolute atomic E-state index is 0.178. The number of hydrogen-bond donors (Lipinski definition) is 3. The summed E-state index contributed by atoms with van der Waals surface area (Å²) in [6, 6.07) is 11.5. The number of aromatic nitrogens is 1. The zero-order chi connectivity index (χ0) is 13.7. The van der Waals surface area contributed by atoms with Crippen molar-refractivity contribution >= 4 is 17.2 Å². The highest BCUT2D eigenvalue weighted by Gasteiger charge is 1.99. The van der Waals surface area contributed by atoms with Gasteiger partial charge >= 0.3 is 0 Å². The maximum absolute atomic E-state index is 5.59. The number of nitrogens with two attached hydrogens (primary N) is 1. The Hall–Kier alpha value is -2.27. The van der Waals surface area contributed by atoms with Gasteiger partial charge in [-0.1, -0.05) is 0 Å². The topological polar surface area (TPSA) is 72.2 Å². The van der Waals surface area contributed by atoms with Gasteiger partial charge in [-0.3, -0.25) is 0 Å². The molecule has 2 aromatic rings. The summed E-state index contributed by atoms with van der Waals surface area (Å²) in [7, 11) is 0. The summed E-state index contributed by atoms with van der Waals surface area (Å²) < 4.78 is 5.59. The fourth-order valence-corrected chi connectivity index (χ4v) is 1.64. The maximum atomic E-state index is 5.59. The fraction of sp³-hybridized carbons (Fsp3) is 0.214. The second-order valence-electron chi connectivity index (χ2n) is 4.39. The number of benzene rings is 1. The average molecular weight is 258 g/mol. The zero-order valence-corrected chi connectivity index (χ0v) is 11.1. The Morgan fingerprint density at radius 1 is 1.11 bits per heavy atom. The third-order valence-corrected chi connectivity index (χ3v) is 2.42. The quantitative estimate of drug-likeness (QED) is 0.568. The van der Waals surface area contributed by atoms with Crippen LogP contribution in [0.3, 0.4) is 0 Å². The molecule has 0 amide bonds. The van der Waals surface area contributed by atoms with Crippen LogP contribution in [0.25, 0.3) is 0 Å². The highest BCUT2D eigenvalue weighted by atomic mass is 16.5. The molecule has 0 atom stereocenters. The minimum atomic E-state index is 0.178. The molecule has 1 aromatic carbocycles. The van der Waals surface area contributed by atoms with Crippen LogP contribution in [-0.2, 0) is 0 Å². The first-order chi connectivity index (χ1) is 9.17. The van der Waals surface area contributed by atoms with E-state index in [2.05, 4.69) is 15.7 Å². The van der Waals surface area contributed by atoms with Gasteiger partial charge in [0.05, 0.1) is 6.10 Å². The van der Waals surface area contributed by atoms with Gasteiger partial charge in [-0.15, -0.1) is 0 Å². The number of hydrazine groups is 1. The summed E-state index contributed by atoms with van der Waals surface area (Å²) >= 11 is 0. The molecule has 1 aromatic heterocycles. The van der Waals surface area contributed by atoms with Gasteiger partial charge in [0.25, 0.3) is 0 Å². The molecule has 0 aliphatic rings. The van der Waals surface area contributed by atoms with Crippen molar-refractivity contribution in [3.8, 4) is 5.75 Å². The molecule has 0 fully saturated rings. The van der Waals surface area contributed by atoms with E-state index in [0.29, 0.717) is 5.82 Å². The molecule has 5 heteroatoms. The van der Waals surface area contributed by atoms with E-state index >= 15 is 0 Å². The molecule has 0 unspecified atom stereocenters. The van der Waals surface area contributed by atoms with Crippen LogP contribution < -0.4 is 21.3 Å². The molecule has 5 nitrogen and oxygen atoms in total. The third-order valence-electron chi connectivity index (χ3n) is 2.42. The number of rotatable bonds is 5. The van der Waals surface area contributed by atoms with E-state index in [0.717, 1.165) is 17.1 Å². The standard InChI is InChI=1S/C14H18N4O/c1-10(2)19-13-5-3-11(4-6-13)17-12-7-8-16-14(9-12)18-15/h3-10H,15H2,1-2H3,(H2,16,17,18). The molecule has 2 rings (SSSR count). The second-order valence-corrected chi connectivity index (χ2v) is 4.39. The van der Waals surface area contributed by atoms with E-state index in [4.69, 9.17) is 10.6 Å². The summed E-state index contributed by atoms with van der Waals surface area (Å²) in [5, 5.41) is 3.27. The number of nitrogen functional groups attached to an aromatic ring is 1. The van der Waals surface area contributed by atoms with Crippen LogP contribution in [0, 0.1) is 0 Å². The third kappa shape index (κ3) is 3.86. The van der Waals surface area contributed by atoms with Gasteiger partial charge in [-0.2, -0.15) is 0 Å². The van der Waals surface area contributed by atoms with Crippen LogP contribution in [0.2, 0.25) is 0 Å². The molecule has 1 heterocycles. The van der Waals surface area contributed by atoms with E-state index in [1.807, 2.05) is 50.2 Å². The second kappa shape index (κ2) is 6.06. The van der Waals surface area contributed by atoms with Crippen molar-refractivity contribution in [2.45, 2.75) is 20.0 Å². The molecule has 0 saturated carbocycles. The number of pyridine rings is 1. The number of ether oxygens (including phenoxy) is 1. The Morgan fingerprint density at radius 3 is 2.47 bits per heavy atom. The van der Waals surface area contributed by atoms with Gasteiger partial charge in [0.2, 0.25) is 0 Å². The van der Waals surface area contributed by atoms with Gasteiger partial charge in [-0.05, 0) is 44.2 Å².